The molecule has 3 nitrogen and oxygen atoms in total. The van der Waals surface area contributed by atoms with Gasteiger partial charge >= 0.3 is 0 Å². The number of nitrogens with two attached hydrogens (primary N) is 1. The maximum atomic E-state index is 5.68. The highest BCUT2D eigenvalue weighted by atomic mass is 32.1. The third-order valence-corrected chi connectivity index (χ3v) is 3.30. The van der Waals surface area contributed by atoms with Crippen molar-refractivity contribution in [3.8, 4) is 5.88 Å². The van der Waals surface area contributed by atoms with Crippen molar-refractivity contribution in [2.75, 3.05) is 0 Å². The lowest BCUT2D eigenvalue weighted by Crippen LogP contribution is -2.02. The SMILES string of the molecule is CCc1cc(CN)cc(OCc2cccs2)n1. The number of hydrogen-bond donors (Lipinski definition) is 1. The van der Waals surface area contributed by atoms with E-state index in [9.17, 15) is 0 Å². The summed E-state index contributed by atoms with van der Waals surface area (Å²) >= 11 is 1.68. The first-order valence-corrected chi connectivity index (χ1v) is 6.55. The number of rotatable bonds is 5. The van der Waals surface area contributed by atoms with E-state index >= 15 is 0 Å². The Balaban J connectivity index is 2.09. The minimum Gasteiger partial charge on any atom is -0.472 e. The second kappa shape index (κ2) is 5.80. The fraction of sp³-hybridized carbons (Fsp3) is 0.308. The lowest BCUT2D eigenvalue weighted by atomic mass is 10.2. The fourth-order valence-electron chi connectivity index (χ4n) is 1.53. The van der Waals surface area contributed by atoms with E-state index < -0.39 is 0 Å². The Hall–Kier alpha value is -1.39. The molecule has 0 saturated carbocycles. The Morgan fingerprint density at radius 2 is 2.29 bits per heavy atom. The van der Waals surface area contributed by atoms with Crippen LogP contribution in [0.15, 0.2) is 29.6 Å². The monoisotopic (exact) mass is 248 g/mol. The van der Waals surface area contributed by atoms with Crippen molar-refractivity contribution in [2.45, 2.75) is 26.5 Å². The van der Waals surface area contributed by atoms with Gasteiger partial charge in [-0.3, -0.25) is 0 Å². The predicted octanol–water partition coefficient (Wildman–Crippen LogP) is 2.74. The first-order valence-electron chi connectivity index (χ1n) is 5.67. The molecule has 0 bridgehead atoms. The fourth-order valence-corrected chi connectivity index (χ4v) is 2.15. The van der Waals surface area contributed by atoms with Gasteiger partial charge in [0.15, 0.2) is 0 Å². The molecule has 0 atom stereocenters. The van der Waals surface area contributed by atoms with E-state index in [2.05, 4.69) is 18.0 Å². The molecule has 0 aromatic carbocycles. The maximum absolute atomic E-state index is 5.68. The van der Waals surface area contributed by atoms with E-state index in [1.807, 2.05) is 23.6 Å². The second-order valence-electron chi connectivity index (χ2n) is 3.73. The Kier molecular flexibility index (Phi) is 4.12. The summed E-state index contributed by atoms with van der Waals surface area (Å²) in [5.41, 5.74) is 7.74. The Morgan fingerprint density at radius 3 is 2.94 bits per heavy atom. The van der Waals surface area contributed by atoms with Gasteiger partial charge in [-0.2, -0.15) is 0 Å². The molecule has 17 heavy (non-hydrogen) atoms. The summed E-state index contributed by atoms with van der Waals surface area (Å²) in [6, 6.07) is 8.01. The van der Waals surface area contributed by atoms with E-state index in [1.54, 1.807) is 11.3 Å². The first-order chi connectivity index (χ1) is 8.31. The normalized spacial score (nSPS) is 10.5. The van der Waals surface area contributed by atoms with E-state index in [-0.39, 0.29) is 0 Å². The van der Waals surface area contributed by atoms with Gasteiger partial charge in [0.25, 0.3) is 0 Å². The van der Waals surface area contributed by atoms with E-state index in [1.165, 1.54) is 4.88 Å². The van der Waals surface area contributed by atoms with Gasteiger partial charge in [-0.1, -0.05) is 13.0 Å². The van der Waals surface area contributed by atoms with Crippen LogP contribution in [0.1, 0.15) is 23.1 Å². The summed E-state index contributed by atoms with van der Waals surface area (Å²) in [5, 5.41) is 2.04. The van der Waals surface area contributed by atoms with Crippen LogP contribution >= 0.6 is 11.3 Å². The summed E-state index contributed by atoms with van der Waals surface area (Å²) in [6.07, 6.45) is 0.892. The zero-order valence-corrected chi connectivity index (χ0v) is 10.7. The van der Waals surface area contributed by atoms with Crippen molar-refractivity contribution in [2.24, 2.45) is 5.73 Å². The molecule has 2 aromatic heterocycles. The molecule has 0 spiro atoms. The molecule has 0 amide bonds. The van der Waals surface area contributed by atoms with Gasteiger partial charge in [0, 0.05) is 23.2 Å². The van der Waals surface area contributed by atoms with E-state index in [4.69, 9.17) is 10.5 Å². The van der Waals surface area contributed by atoms with Crippen LogP contribution in [-0.2, 0) is 19.6 Å². The predicted molar refractivity (Wildman–Crippen MR) is 70.2 cm³/mol. The van der Waals surface area contributed by atoms with Crippen LogP contribution in [0.3, 0.4) is 0 Å². The Morgan fingerprint density at radius 1 is 1.41 bits per heavy atom. The molecule has 0 saturated heterocycles. The molecular formula is C13H16N2OS. The third-order valence-electron chi connectivity index (χ3n) is 2.46. The smallest absolute Gasteiger partial charge is 0.214 e. The Labute approximate surface area is 105 Å². The van der Waals surface area contributed by atoms with Gasteiger partial charge in [0.1, 0.15) is 6.61 Å². The standard InChI is InChI=1S/C13H16N2OS/c1-2-11-6-10(8-14)7-13(15-11)16-9-12-4-3-5-17-12/h3-7H,2,8-9,14H2,1H3. The van der Waals surface area contributed by atoms with Gasteiger partial charge < -0.3 is 10.5 Å². The minimum atomic E-state index is 0.519. The third kappa shape index (κ3) is 3.28. The van der Waals surface area contributed by atoms with Gasteiger partial charge in [-0.05, 0) is 29.5 Å². The zero-order chi connectivity index (χ0) is 12.1. The molecule has 2 heterocycles. The number of pyridine rings is 1. The number of thiophene rings is 1. The van der Waals surface area contributed by atoms with Crippen molar-refractivity contribution in [1.29, 1.82) is 0 Å². The summed E-state index contributed by atoms with van der Waals surface area (Å²) in [4.78, 5) is 5.62. The van der Waals surface area contributed by atoms with E-state index in [0.717, 1.165) is 17.7 Å². The molecule has 0 fully saturated rings. The summed E-state index contributed by atoms with van der Waals surface area (Å²) < 4.78 is 5.68. The zero-order valence-electron chi connectivity index (χ0n) is 9.85. The van der Waals surface area contributed by atoms with Crippen LogP contribution in [0.2, 0.25) is 0 Å². The topological polar surface area (TPSA) is 48.1 Å². The minimum absolute atomic E-state index is 0.519. The number of ether oxygens (including phenoxy) is 1. The Bertz CT molecular complexity index is 446. The van der Waals surface area contributed by atoms with Crippen LogP contribution < -0.4 is 10.5 Å². The van der Waals surface area contributed by atoms with Crippen molar-refractivity contribution in [3.63, 3.8) is 0 Å². The molecule has 90 valence electrons. The molecule has 2 rings (SSSR count). The maximum Gasteiger partial charge on any atom is 0.214 e. The van der Waals surface area contributed by atoms with Crippen molar-refractivity contribution >= 4 is 11.3 Å². The molecule has 0 unspecified atom stereocenters. The van der Waals surface area contributed by atoms with Crippen LogP contribution in [-0.4, -0.2) is 4.98 Å². The van der Waals surface area contributed by atoms with Gasteiger partial charge in [0.05, 0.1) is 0 Å². The molecule has 0 aliphatic heterocycles. The quantitative estimate of drug-likeness (QED) is 0.885. The van der Waals surface area contributed by atoms with Gasteiger partial charge in [-0.15, -0.1) is 11.3 Å². The summed E-state index contributed by atoms with van der Waals surface area (Å²) in [7, 11) is 0. The highest BCUT2D eigenvalue weighted by Gasteiger charge is 2.03. The average molecular weight is 248 g/mol. The van der Waals surface area contributed by atoms with Crippen LogP contribution in [0.4, 0.5) is 0 Å². The lowest BCUT2D eigenvalue weighted by molar-refractivity contribution is 0.296. The second-order valence-corrected chi connectivity index (χ2v) is 4.76. The summed E-state index contributed by atoms with van der Waals surface area (Å²) in [5.74, 6) is 0.665. The van der Waals surface area contributed by atoms with Crippen LogP contribution in [0.5, 0.6) is 5.88 Å². The van der Waals surface area contributed by atoms with Gasteiger partial charge in [-0.25, -0.2) is 4.98 Å². The number of aryl methyl sites for hydroxylation is 1. The van der Waals surface area contributed by atoms with Crippen molar-refractivity contribution < 1.29 is 4.74 Å². The molecule has 2 aromatic rings. The molecule has 0 aliphatic rings. The van der Waals surface area contributed by atoms with Crippen molar-refractivity contribution in [3.05, 3.63) is 45.8 Å². The van der Waals surface area contributed by atoms with Gasteiger partial charge in [0.2, 0.25) is 5.88 Å². The first kappa shape index (κ1) is 12.1. The van der Waals surface area contributed by atoms with Crippen molar-refractivity contribution in [1.82, 2.24) is 4.98 Å². The molecular weight excluding hydrogens is 232 g/mol. The lowest BCUT2D eigenvalue weighted by Gasteiger charge is -2.07. The molecule has 0 aliphatic carbocycles. The number of hydrogen-bond acceptors (Lipinski definition) is 4. The number of nitrogens with zero attached hydrogens (tertiary/aromatic N) is 1. The van der Waals surface area contributed by atoms with Crippen LogP contribution in [0, 0.1) is 0 Å². The molecule has 2 N–H and O–H groups in total. The highest BCUT2D eigenvalue weighted by molar-refractivity contribution is 7.09. The molecule has 0 radical (unpaired) electrons. The number of aromatic nitrogens is 1. The largest absolute Gasteiger partial charge is 0.472 e. The average Bonchev–Trinajstić information content (AvgIpc) is 2.89. The van der Waals surface area contributed by atoms with Crippen LogP contribution in [0.25, 0.3) is 0 Å². The molecule has 4 heteroatoms. The summed E-state index contributed by atoms with van der Waals surface area (Å²) in [6.45, 7) is 3.17. The van der Waals surface area contributed by atoms with E-state index in [0.29, 0.717) is 19.0 Å². The highest BCUT2D eigenvalue weighted by Crippen LogP contribution is 2.16.